The molecule has 1 amide bonds. The van der Waals surface area contributed by atoms with Crippen LogP contribution >= 0.6 is 0 Å². The minimum Gasteiger partial charge on any atom is -0.507 e. The van der Waals surface area contributed by atoms with Crippen molar-refractivity contribution in [3.8, 4) is 5.75 Å². The Labute approximate surface area is 160 Å². The number of amides is 1. The molecule has 5 N–H and O–H groups in total. The van der Waals surface area contributed by atoms with Crippen molar-refractivity contribution in [2.24, 2.45) is 10.2 Å². The highest BCUT2D eigenvalue weighted by atomic mass is 16.4. The van der Waals surface area contributed by atoms with Crippen LogP contribution in [-0.2, 0) is 0 Å². The summed E-state index contributed by atoms with van der Waals surface area (Å²) in [6.07, 6.45) is 0. The molecule has 28 heavy (non-hydrogen) atoms. The highest BCUT2D eigenvalue weighted by Crippen LogP contribution is 2.25. The zero-order valence-corrected chi connectivity index (χ0v) is 14.5. The number of carbonyl (C=O) groups is 2. The third-order valence-electron chi connectivity index (χ3n) is 3.79. The van der Waals surface area contributed by atoms with Crippen LogP contribution < -0.4 is 11.1 Å². The SMILES string of the molecule is Nc1ccc(C(=O)Nc2ccc(N=Nc3ccc(O)c(C(=O)O)c3)cc2)cc1. The van der Waals surface area contributed by atoms with Crippen LogP contribution in [0.4, 0.5) is 22.7 Å². The first-order valence-corrected chi connectivity index (χ1v) is 8.17. The van der Waals surface area contributed by atoms with Crippen molar-refractivity contribution in [2.45, 2.75) is 0 Å². The molecule has 0 heterocycles. The molecule has 0 saturated heterocycles. The molecule has 8 nitrogen and oxygen atoms in total. The lowest BCUT2D eigenvalue weighted by Crippen LogP contribution is -2.11. The molecule has 0 aliphatic carbocycles. The summed E-state index contributed by atoms with van der Waals surface area (Å²) in [5.41, 5.74) is 7.80. The molecule has 0 spiro atoms. The fourth-order valence-corrected chi connectivity index (χ4v) is 2.32. The van der Waals surface area contributed by atoms with E-state index in [9.17, 15) is 14.7 Å². The van der Waals surface area contributed by atoms with Gasteiger partial charge in [0.25, 0.3) is 5.91 Å². The molecule has 0 atom stereocenters. The molecule has 8 heteroatoms. The van der Waals surface area contributed by atoms with Crippen molar-refractivity contribution < 1.29 is 19.8 Å². The van der Waals surface area contributed by atoms with Crippen molar-refractivity contribution in [1.82, 2.24) is 0 Å². The predicted octanol–water partition coefficient (Wildman–Crippen LogP) is 4.34. The number of nitrogens with two attached hydrogens (primary N) is 1. The number of phenols is 1. The lowest BCUT2D eigenvalue weighted by Gasteiger charge is -2.05. The molecule has 3 rings (SSSR count). The molecular formula is C20H16N4O4. The van der Waals surface area contributed by atoms with Crippen molar-refractivity contribution in [3.63, 3.8) is 0 Å². The first-order chi connectivity index (χ1) is 13.4. The second kappa shape index (κ2) is 8.00. The van der Waals surface area contributed by atoms with Crippen LogP contribution in [-0.4, -0.2) is 22.1 Å². The number of nitrogens with one attached hydrogen (secondary N) is 1. The largest absolute Gasteiger partial charge is 0.507 e. The van der Waals surface area contributed by atoms with Crippen LogP contribution in [0.15, 0.2) is 77.0 Å². The van der Waals surface area contributed by atoms with Gasteiger partial charge in [-0.05, 0) is 66.7 Å². The summed E-state index contributed by atoms with van der Waals surface area (Å²) in [6.45, 7) is 0. The number of hydrogen-bond acceptors (Lipinski definition) is 6. The van der Waals surface area contributed by atoms with E-state index < -0.39 is 5.97 Å². The van der Waals surface area contributed by atoms with Gasteiger partial charge in [-0.1, -0.05) is 0 Å². The quantitative estimate of drug-likeness (QED) is 0.388. The molecule has 0 aromatic heterocycles. The minimum absolute atomic E-state index is 0.253. The Bertz CT molecular complexity index is 1040. The zero-order chi connectivity index (χ0) is 20.1. The fraction of sp³-hybridized carbons (Fsp3) is 0. The van der Waals surface area contributed by atoms with Crippen molar-refractivity contribution in [2.75, 3.05) is 11.1 Å². The number of azo groups is 1. The lowest BCUT2D eigenvalue weighted by atomic mass is 10.2. The smallest absolute Gasteiger partial charge is 0.339 e. The highest BCUT2D eigenvalue weighted by molar-refractivity contribution is 6.04. The van der Waals surface area contributed by atoms with Crippen LogP contribution in [0.25, 0.3) is 0 Å². The van der Waals surface area contributed by atoms with Crippen LogP contribution in [0.1, 0.15) is 20.7 Å². The monoisotopic (exact) mass is 376 g/mol. The second-order valence-corrected chi connectivity index (χ2v) is 5.83. The molecule has 0 aliphatic rings. The number of carboxylic acid groups (broad SMARTS) is 1. The Morgan fingerprint density at radius 2 is 1.46 bits per heavy atom. The van der Waals surface area contributed by atoms with E-state index in [0.29, 0.717) is 22.6 Å². The number of carbonyl (C=O) groups excluding carboxylic acids is 1. The number of aromatic carboxylic acids is 1. The number of carboxylic acids is 1. The molecule has 0 unspecified atom stereocenters. The molecule has 0 aliphatic heterocycles. The molecule has 3 aromatic rings. The maximum absolute atomic E-state index is 12.2. The Balaban J connectivity index is 1.68. The first-order valence-electron chi connectivity index (χ1n) is 8.17. The van der Waals surface area contributed by atoms with E-state index in [2.05, 4.69) is 15.5 Å². The zero-order valence-electron chi connectivity index (χ0n) is 14.5. The summed E-state index contributed by atoms with van der Waals surface area (Å²) >= 11 is 0. The summed E-state index contributed by atoms with van der Waals surface area (Å²) in [5, 5.41) is 29.2. The van der Waals surface area contributed by atoms with E-state index >= 15 is 0 Å². The van der Waals surface area contributed by atoms with Gasteiger partial charge in [0.05, 0.1) is 11.4 Å². The molecule has 0 bridgehead atoms. The van der Waals surface area contributed by atoms with Crippen LogP contribution in [0.5, 0.6) is 5.75 Å². The molecule has 0 radical (unpaired) electrons. The lowest BCUT2D eigenvalue weighted by molar-refractivity contribution is 0.0693. The Kier molecular flexibility index (Phi) is 5.31. The molecule has 0 fully saturated rings. The van der Waals surface area contributed by atoms with Gasteiger partial charge in [-0.15, -0.1) is 0 Å². The third-order valence-corrected chi connectivity index (χ3v) is 3.79. The third kappa shape index (κ3) is 4.50. The van der Waals surface area contributed by atoms with E-state index in [1.807, 2.05) is 0 Å². The number of hydrogen-bond donors (Lipinski definition) is 4. The number of nitrogen functional groups attached to an aromatic ring is 1. The number of rotatable bonds is 5. The van der Waals surface area contributed by atoms with Crippen LogP contribution in [0, 0.1) is 0 Å². The standard InChI is InChI=1S/C20H16N4O4/c21-13-3-1-12(2-4-13)19(26)22-14-5-7-15(8-6-14)23-24-16-9-10-18(25)17(11-16)20(27)28/h1-11,25H,21H2,(H,22,26)(H,27,28). The van der Waals surface area contributed by atoms with Crippen LogP contribution in [0.3, 0.4) is 0 Å². The Morgan fingerprint density at radius 3 is 2.11 bits per heavy atom. The molecule has 140 valence electrons. The topological polar surface area (TPSA) is 137 Å². The molecule has 0 saturated carbocycles. The van der Waals surface area contributed by atoms with E-state index in [-0.39, 0.29) is 22.9 Å². The number of nitrogens with zero attached hydrogens (tertiary/aromatic N) is 2. The average Bonchev–Trinajstić information content (AvgIpc) is 2.68. The van der Waals surface area contributed by atoms with Gasteiger partial charge in [0.15, 0.2) is 0 Å². The molecule has 3 aromatic carbocycles. The van der Waals surface area contributed by atoms with Crippen molar-refractivity contribution in [1.29, 1.82) is 0 Å². The van der Waals surface area contributed by atoms with E-state index in [1.165, 1.54) is 18.2 Å². The number of aromatic hydroxyl groups is 1. The number of anilines is 2. The number of benzene rings is 3. The fourth-order valence-electron chi connectivity index (χ4n) is 2.32. The average molecular weight is 376 g/mol. The summed E-state index contributed by atoms with van der Waals surface area (Å²) in [5.74, 6) is -1.86. The Hall–Kier alpha value is -4.20. The predicted molar refractivity (Wildman–Crippen MR) is 104 cm³/mol. The minimum atomic E-state index is -1.25. The summed E-state index contributed by atoms with van der Waals surface area (Å²) in [6, 6.07) is 17.1. The van der Waals surface area contributed by atoms with Gasteiger partial charge in [-0.25, -0.2) is 4.79 Å². The van der Waals surface area contributed by atoms with E-state index in [1.54, 1.807) is 48.5 Å². The van der Waals surface area contributed by atoms with Crippen molar-refractivity contribution >= 4 is 34.6 Å². The van der Waals surface area contributed by atoms with Gasteiger partial charge < -0.3 is 21.3 Å². The summed E-state index contributed by atoms with van der Waals surface area (Å²) in [4.78, 5) is 23.2. The summed E-state index contributed by atoms with van der Waals surface area (Å²) in [7, 11) is 0. The maximum atomic E-state index is 12.2. The van der Waals surface area contributed by atoms with Crippen LogP contribution in [0.2, 0.25) is 0 Å². The van der Waals surface area contributed by atoms with E-state index in [0.717, 1.165) is 0 Å². The Morgan fingerprint density at radius 1 is 0.857 bits per heavy atom. The van der Waals surface area contributed by atoms with Crippen molar-refractivity contribution in [3.05, 3.63) is 77.9 Å². The second-order valence-electron chi connectivity index (χ2n) is 5.83. The van der Waals surface area contributed by atoms with E-state index in [4.69, 9.17) is 10.8 Å². The highest BCUT2D eigenvalue weighted by Gasteiger charge is 2.10. The van der Waals surface area contributed by atoms with Gasteiger partial charge >= 0.3 is 5.97 Å². The van der Waals surface area contributed by atoms with Gasteiger partial charge in [0.2, 0.25) is 0 Å². The van der Waals surface area contributed by atoms with Gasteiger partial charge in [-0.2, -0.15) is 10.2 Å². The van der Waals surface area contributed by atoms with Gasteiger partial charge in [0, 0.05) is 16.9 Å². The van der Waals surface area contributed by atoms with Gasteiger partial charge in [-0.3, -0.25) is 4.79 Å². The first kappa shape index (κ1) is 18.6. The molecular weight excluding hydrogens is 360 g/mol. The maximum Gasteiger partial charge on any atom is 0.339 e. The summed E-state index contributed by atoms with van der Waals surface area (Å²) < 4.78 is 0. The van der Waals surface area contributed by atoms with Gasteiger partial charge in [0.1, 0.15) is 11.3 Å². The normalized spacial score (nSPS) is 10.7.